The van der Waals surface area contributed by atoms with Gasteiger partial charge in [-0.15, -0.1) is 11.3 Å². The van der Waals surface area contributed by atoms with Crippen molar-refractivity contribution in [1.29, 1.82) is 0 Å². The number of nitrogens with zero attached hydrogens (tertiary/aromatic N) is 3. The lowest BCUT2D eigenvalue weighted by atomic mass is 10.1. The van der Waals surface area contributed by atoms with Crippen LogP contribution in [0.4, 0.5) is 15.2 Å². The summed E-state index contributed by atoms with van der Waals surface area (Å²) in [6, 6.07) is 12.8. The number of hydrazone groups is 1. The Morgan fingerprint density at radius 3 is 2.89 bits per heavy atom. The number of nitrogens with one attached hydrogen (secondary N) is 1. The molecule has 0 saturated carbocycles. The third-order valence-electron chi connectivity index (χ3n) is 3.59. The van der Waals surface area contributed by atoms with Crippen LogP contribution in [0, 0.1) is 15.9 Å². The van der Waals surface area contributed by atoms with E-state index < -0.39 is 4.92 Å². The predicted molar refractivity (Wildman–Crippen MR) is 106 cm³/mol. The number of thiazole rings is 1. The van der Waals surface area contributed by atoms with Crippen molar-refractivity contribution in [3.8, 4) is 11.3 Å². The van der Waals surface area contributed by atoms with E-state index in [1.165, 1.54) is 29.5 Å². The third-order valence-corrected chi connectivity index (χ3v) is 4.34. The first-order chi connectivity index (χ1) is 13.0. The highest BCUT2D eigenvalue weighted by Gasteiger charge is 2.09. The number of rotatable bonds is 6. The van der Waals surface area contributed by atoms with Gasteiger partial charge in [0.05, 0.1) is 16.3 Å². The molecule has 1 heterocycles. The van der Waals surface area contributed by atoms with Crippen LogP contribution in [0.5, 0.6) is 0 Å². The number of benzene rings is 2. The lowest BCUT2D eigenvalue weighted by Gasteiger charge is -1.98. The smallest absolute Gasteiger partial charge is 0.258 e. The second-order valence-corrected chi connectivity index (χ2v) is 6.42. The summed E-state index contributed by atoms with van der Waals surface area (Å²) in [5.41, 5.74) is 5.27. The van der Waals surface area contributed by atoms with Crippen LogP contribution in [0.3, 0.4) is 0 Å². The molecule has 0 radical (unpaired) electrons. The lowest BCUT2D eigenvalue weighted by molar-refractivity contribution is -0.384. The summed E-state index contributed by atoms with van der Waals surface area (Å²) in [6.45, 7) is 1.78. The summed E-state index contributed by atoms with van der Waals surface area (Å²) in [5, 5.41) is 17.4. The van der Waals surface area contributed by atoms with Crippen LogP contribution in [0.15, 0.2) is 65.1 Å². The Hall–Kier alpha value is -3.39. The van der Waals surface area contributed by atoms with E-state index in [2.05, 4.69) is 15.5 Å². The molecule has 3 rings (SSSR count). The number of allylic oxidation sites excluding steroid dienone is 1. The molecule has 27 heavy (non-hydrogen) atoms. The minimum absolute atomic E-state index is 0.0159. The largest absolute Gasteiger partial charge is 0.270 e. The first-order valence-electron chi connectivity index (χ1n) is 7.96. The first-order valence-corrected chi connectivity index (χ1v) is 8.84. The summed E-state index contributed by atoms with van der Waals surface area (Å²) < 4.78 is 13.6. The zero-order valence-corrected chi connectivity index (χ0v) is 15.1. The molecular formula is C19H15FN4O2S. The second kappa shape index (κ2) is 8.33. The maximum atomic E-state index is 13.6. The number of halogens is 1. The van der Waals surface area contributed by atoms with Gasteiger partial charge in [-0.05, 0) is 19.1 Å². The Labute approximate surface area is 158 Å². The van der Waals surface area contributed by atoms with Crippen LogP contribution in [-0.4, -0.2) is 15.6 Å². The predicted octanol–water partition coefficient (Wildman–Crippen LogP) is 5.36. The Balaban J connectivity index is 1.69. The quantitative estimate of drug-likeness (QED) is 0.354. The number of anilines is 1. The van der Waals surface area contributed by atoms with Crippen LogP contribution in [-0.2, 0) is 0 Å². The molecule has 0 aliphatic heterocycles. The minimum Gasteiger partial charge on any atom is -0.258 e. The first kappa shape index (κ1) is 18.4. The molecule has 1 N–H and O–H groups in total. The summed E-state index contributed by atoms with van der Waals surface area (Å²) in [7, 11) is 0. The van der Waals surface area contributed by atoms with E-state index in [4.69, 9.17) is 0 Å². The van der Waals surface area contributed by atoms with Crippen molar-refractivity contribution in [2.45, 2.75) is 6.92 Å². The molecule has 0 fully saturated rings. The highest BCUT2D eigenvalue weighted by molar-refractivity contribution is 7.14. The van der Waals surface area contributed by atoms with Gasteiger partial charge in [0.15, 0.2) is 0 Å². The molecule has 0 unspecified atom stereocenters. The van der Waals surface area contributed by atoms with Gasteiger partial charge in [0.2, 0.25) is 5.13 Å². The van der Waals surface area contributed by atoms with Crippen molar-refractivity contribution in [1.82, 2.24) is 4.98 Å². The van der Waals surface area contributed by atoms with Gasteiger partial charge in [0.1, 0.15) is 5.82 Å². The Morgan fingerprint density at radius 2 is 2.11 bits per heavy atom. The minimum atomic E-state index is -0.440. The van der Waals surface area contributed by atoms with E-state index in [-0.39, 0.29) is 11.5 Å². The molecule has 0 aliphatic rings. The van der Waals surface area contributed by atoms with Crippen LogP contribution < -0.4 is 5.43 Å². The van der Waals surface area contributed by atoms with Crippen LogP contribution in [0.2, 0.25) is 0 Å². The fourth-order valence-corrected chi connectivity index (χ4v) is 2.89. The topological polar surface area (TPSA) is 80.4 Å². The number of nitro groups is 1. The van der Waals surface area contributed by atoms with Crippen LogP contribution >= 0.6 is 11.3 Å². The maximum absolute atomic E-state index is 13.6. The number of nitro benzene ring substituents is 1. The van der Waals surface area contributed by atoms with Gasteiger partial charge < -0.3 is 0 Å². The molecule has 0 atom stereocenters. The SMILES string of the molecule is CC(/C=C/c1ccccc1F)=N/Nc1nc(-c2cccc([N+](=O)[O-])c2)cs1. The molecule has 3 aromatic rings. The Kier molecular flexibility index (Phi) is 5.68. The molecule has 136 valence electrons. The van der Waals surface area contributed by atoms with Gasteiger partial charge in [0, 0.05) is 28.6 Å². The van der Waals surface area contributed by atoms with Gasteiger partial charge >= 0.3 is 0 Å². The zero-order chi connectivity index (χ0) is 19.2. The molecule has 8 heteroatoms. The van der Waals surface area contributed by atoms with E-state index in [0.29, 0.717) is 27.7 Å². The molecule has 0 saturated heterocycles. The molecule has 0 amide bonds. The van der Waals surface area contributed by atoms with E-state index in [9.17, 15) is 14.5 Å². The summed E-state index contributed by atoms with van der Waals surface area (Å²) in [6.07, 6.45) is 3.34. The molecule has 0 spiro atoms. The average molecular weight is 382 g/mol. The highest BCUT2D eigenvalue weighted by atomic mass is 32.1. The van der Waals surface area contributed by atoms with Crippen molar-refractivity contribution >= 4 is 33.9 Å². The van der Waals surface area contributed by atoms with Gasteiger partial charge in [-0.1, -0.05) is 36.4 Å². The van der Waals surface area contributed by atoms with E-state index in [1.54, 1.807) is 54.8 Å². The van der Waals surface area contributed by atoms with Gasteiger partial charge in [0.25, 0.3) is 5.69 Å². The van der Waals surface area contributed by atoms with Crippen molar-refractivity contribution < 1.29 is 9.31 Å². The van der Waals surface area contributed by atoms with Crippen molar-refractivity contribution in [2.75, 3.05) is 5.43 Å². The summed E-state index contributed by atoms with van der Waals surface area (Å²) >= 11 is 1.33. The zero-order valence-electron chi connectivity index (χ0n) is 14.3. The molecule has 0 aliphatic carbocycles. The molecular weight excluding hydrogens is 367 g/mol. The van der Waals surface area contributed by atoms with Crippen molar-refractivity contribution in [3.63, 3.8) is 0 Å². The summed E-state index contributed by atoms with van der Waals surface area (Å²) in [5.74, 6) is -0.295. The van der Waals surface area contributed by atoms with E-state index >= 15 is 0 Å². The second-order valence-electron chi connectivity index (χ2n) is 5.57. The monoisotopic (exact) mass is 382 g/mol. The van der Waals surface area contributed by atoms with Crippen molar-refractivity contribution in [2.24, 2.45) is 5.10 Å². The average Bonchev–Trinajstić information content (AvgIpc) is 3.15. The van der Waals surface area contributed by atoms with Gasteiger partial charge in [-0.2, -0.15) is 5.10 Å². The fourth-order valence-electron chi connectivity index (χ4n) is 2.23. The maximum Gasteiger partial charge on any atom is 0.270 e. The number of hydrogen-bond donors (Lipinski definition) is 1. The van der Waals surface area contributed by atoms with Gasteiger partial charge in [-0.3, -0.25) is 15.5 Å². The fraction of sp³-hybridized carbons (Fsp3) is 0.0526. The number of non-ortho nitro benzene ring substituents is 1. The van der Waals surface area contributed by atoms with Gasteiger partial charge in [-0.25, -0.2) is 9.37 Å². The highest BCUT2D eigenvalue weighted by Crippen LogP contribution is 2.27. The normalized spacial score (nSPS) is 11.7. The Morgan fingerprint density at radius 1 is 1.30 bits per heavy atom. The summed E-state index contributed by atoms with van der Waals surface area (Å²) in [4.78, 5) is 14.8. The molecule has 1 aromatic heterocycles. The molecule has 6 nitrogen and oxygen atoms in total. The molecule has 2 aromatic carbocycles. The van der Waals surface area contributed by atoms with Crippen LogP contribution in [0.25, 0.3) is 17.3 Å². The Bertz CT molecular complexity index is 1030. The number of aromatic nitrogens is 1. The van der Waals surface area contributed by atoms with E-state index in [1.807, 2.05) is 0 Å². The van der Waals surface area contributed by atoms with Crippen LogP contribution in [0.1, 0.15) is 12.5 Å². The number of hydrogen-bond acceptors (Lipinski definition) is 6. The van der Waals surface area contributed by atoms with E-state index in [0.717, 1.165) is 0 Å². The standard InChI is InChI=1S/C19H15FN4O2S/c1-13(9-10-14-5-2-3-8-17(14)20)22-23-19-21-18(12-27-19)15-6-4-7-16(11-15)24(25)26/h2-12H,1H3,(H,21,23)/b10-9+,22-13-. The molecule has 0 bridgehead atoms. The third kappa shape index (κ3) is 4.83. The van der Waals surface area contributed by atoms with Crippen molar-refractivity contribution in [3.05, 3.63) is 81.5 Å². The lowest BCUT2D eigenvalue weighted by Crippen LogP contribution is -1.94.